The average molecular weight is 162 g/mol. The van der Waals surface area contributed by atoms with Crippen LogP contribution in [0.5, 0.6) is 0 Å². The Bertz CT molecular complexity index is 263. The van der Waals surface area contributed by atoms with Gasteiger partial charge in [-0.2, -0.15) is 0 Å². The summed E-state index contributed by atoms with van der Waals surface area (Å²) in [6.07, 6.45) is 10.3. The first-order chi connectivity index (χ1) is 5.86. The molecule has 1 saturated carbocycles. The number of hydrogen-bond donors (Lipinski definition) is 0. The van der Waals surface area contributed by atoms with Gasteiger partial charge in [-0.15, -0.1) is 0 Å². The lowest BCUT2D eigenvalue weighted by molar-refractivity contribution is 0.240. The molecule has 0 aromatic heterocycles. The van der Waals surface area contributed by atoms with Crippen LogP contribution < -0.4 is 0 Å². The molecule has 2 heteroatoms. The fourth-order valence-corrected chi connectivity index (χ4v) is 2.20. The maximum absolute atomic E-state index is 2.51. The molecule has 0 N–H and O–H groups in total. The van der Waals surface area contributed by atoms with Crippen LogP contribution in [0.4, 0.5) is 0 Å². The quantitative estimate of drug-likeness (QED) is 0.537. The molecule has 2 nitrogen and oxygen atoms in total. The molecule has 1 fully saturated rings. The predicted molar refractivity (Wildman–Crippen MR) is 48.2 cm³/mol. The summed E-state index contributed by atoms with van der Waals surface area (Å²) in [7, 11) is 2.17. The van der Waals surface area contributed by atoms with Gasteiger partial charge < -0.3 is 9.80 Å². The van der Waals surface area contributed by atoms with Crippen molar-refractivity contribution in [3.8, 4) is 0 Å². The summed E-state index contributed by atoms with van der Waals surface area (Å²) < 4.78 is 0. The van der Waals surface area contributed by atoms with E-state index in [0.29, 0.717) is 6.17 Å². The van der Waals surface area contributed by atoms with Crippen LogP contribution in [0, 0.1) is 5.92 Å². The number of likely N-dealkylation sites (N-methyl/N-ethyl adjacent to an activating group) is 1. The van der Waals surface area contributed by atoms with E-state index in [4.69, 9.17) is 0 Å². The van der Waals surface area contributed by atoms with Crippen molar-refractivity contribution in [2.45, 2.75) is 19.0 Å². The molecule has 2 aliphatic heterocycles. The zero-order chi connectivity index (χ0) is 8.13. The van der Waals surface area contributed by atoms with Crippen LogP contribution in [0.1, 0.15) is 12.8 Å². The Morgan fingerprint density at radius 1 is 1.42 bits per heavy atom. The maximum atomic E-state index is 2.51. The molecule has 3 aliphatic rings. The second-order valence-corrected chi connectivity index (χ2v) is 3.99. The minimum Gasteiger partial charge on any atom is -0.356 e. The lowest BCUT2D eigenvalue weighted by atomic mass is 10.3. The molecule has 1 atom stereocenters. The van der Waals surface area contributed by atoms with Crippen LogP contribution in [-0.4, -0.2) is 29.6 Å². The van der Waals surface area contributed by atoms with Crippen LogP contribution in [0.3, 0.4) is 0 Å². The minimum atomic E-state index is 0.542. The highest BCUT2D eigenvalue weighted by atomic mass is 15.4. The van der Waals surface area contributed by atoms with E-state index in [-0.39, 0.29) is 0 Å². The number of fused-ring (bicyclic) bond motifs is 1. The summed E-state index contributed by atoms with van der Waals surface area (Å²) in [5.74, 6) is 0.886. The van der Waals surface area contributed by atoms with Crippen LogP contribution >= 0.6 is 0 Å². The van der Waals surface area contributed by atoms with Gasteiger partial charge in [0.2, 0.25) is 0 Å². The fourth-order valence-electron chi connectivity index (χ4n) is 2.20. The third kappa shape index (κ3) is 0.752. The topological polar surface area (TPSA) is 6.48 Å². The standard InChI is InChI=1S/C10H14N2/c1-11-7-9(8-4-5-8)12-6-2-3-10(11)12/h2-3,7-8,10H,4-6H2,1H3. The highest BCUT2D eigenvalue weighted by Gasteiger charge is 2.38. The first-order valence-corrected chi connectivity index (χ1v) is 4.73. The first-order valence-electron chi connectivity index (χ1n) is 4.73. The highest BCUT2D eigenvalue weighted by Crippen LogP contribution is 2.42. The van der Waals surface area contributed by atoms with E-state index in [0.717, 1.165) is 12.5 Å². The van der Waals surface area contributed by atoms with Crippen LogP contribution in [0.15, 0.2) is 24.0 Å². The molecule has 0 spiro atoms. The van der Waals surface area contributed by atoms with E-state index in [1.165, 1.54) is 12.8 Å². The van der Waals surface area contributed by atoms with E-state index >= 15 is 0 Å². The molecule has 0 aromatic rings. The number of hydrogen-bond acceptors (Lipinski definition) is 2. The molecule has 2 heterocycles. The van der Waals surface area contributed by atoms with Gasteiger partial charge in [0, 0.05) is 31.4 Å². The van der Waals surface area contributed by atoms with Gasteiger partial charge in [-0.05, 0) is 18.9 Å². The minimum absolute atomic E-state index is 0.542. The third-order valence-electron chi connectivity index (χ3n) is 3.01. The summed E-state index contributed by atoms with van der Waals surface area (Å²) in [5.41, 5.74) is 1.58. The molecule has 12 heavy (non-hydrogen) atoms. The Kier molecular flexibility index (Phi) is 1.13. The van der Waals surface area contributed by atoms with Crippen molar-refractivity contribution in [1.29, 1.82) is 0 Å². The van der Waals surface area contributed by atoms with Gasteiger partial charge in [0.25, 0.3) is 0 Å². The molecule has 0 aromatic carbocycles. The first kappa shape index (κ1) is 6.58. The molecule has 0 radical (unpaired) electrons. The van der Waals surface area contributed by atoms with Crippen molar-refractivity contribution in [2.24, 2.45) is 5.92 Å². The Hall–Kier alpha value is -0.920. The average Bonchev–Trinajstić information content (AvgIpc) is 2.68. The van der Waals surface area contributed by atoms with Crippen LogP contribution in [0.25, 0.3) is 0 Å². The highest BCUT2D eigenvalue weighted by molar-refractivity contribution is 5.24. The van der Waals surface area contributed by atoms with Gasteiger partial charge in [-0.3, -0.25) is 0 Å². The van der Waals surface area contributed by atoms with Gasteiger partial charge in [0.1, 0.15) is 6.17 Å². The number of nitrogens with zero attached hydrogens (tertiary/aromatic N) is 2. The monoisotopic (exact) mass is 162 g/mol. The van der Waals surface area contributed by atoms with Crippen molar-refractivity contribution in [1.82, 2.24) is 9.80 Å². The fraction of sp³-hybridized carbons (Fsp3) is 0.600. The van der Waals surface area contributed by atoms with Crippen LogP contribution in [0.2, 0.25) is 0 Å². The molecular weight excluding hydrogens is 148 g/mol. The SMILES string of the molecule is CN1C=C(C2CC2)N2CC=CC12. The second-order valence-electron chi connectivity index (χ2n) is 3.99. The van der Waals surface area contributed by atoms with Crippen molar-refractivity contribution >= 4 is 0 Å². The lowest BCUT2D eigenvalue weighted by Crippen LogP contribution is -2.32. The van der Waals surface area contributed by atoms with E-state index in [9.17, 15) is 0 Å². The van der Waals surface area contributed by atoms with E-state index in [1.54, 1.807) is 5.70 Å². The largest absolute Gasteiger partial charge is 0.356 e. The molecule has 0 amide bonds. The van der Waals surface area contributed by atoms with Gasteiger partial charge >= 0.3 is 0 Å². The third-order valence-corrected chi connectivity index (χ3v) is 3.01. The van der Waals surface area contributed by atoms with E-state index < -0.39 is 0 Å². The molecule has 64 valence electrons. The van der Waals surface area contributed by atoms with Gasteiger partial charge in [0.15, 0.2) is 0 Å². The summed E-state index contributed by atoms with van der Waals surface area (Å²) in [4.78, 5) is 4.83. The molecular formula is C10H14N2. The zero-order valence-electron chi connectivity index (χ0n) is 7.40. The lowest BCUT2D eigenvalue weighted by Gasteiger charge is -2.24. The predicted octanol–water partition coefficient (Wildman–Crippen LogP) is 1.38. The Morgan fingerprint density at radius 2 is 2.25 bits per heavy atom. The number of allylic oxidation sites excluding steroid dienone is 1. The maximum Gasteiger partial charge on any atom is 0.120 e. The Morgan fingerprint density at radius 3 is 3.00 bits per heavy atom. The van der Waals surface area contributed by atoms with Crippen molar-refractivity contribution in [3.63, 3.8) is 0 Å². The Labute approximate surface area is 73.1 Å². The normalized spacial score (nSPS) is 32.8. The smallest absolute Gasteiger partial charge is 0.120 e. The molecule has 1 unspecified atom stereocenters. The molecule has 3 rings (SSSR count). The van der Waals surface area contributed by atoms with Gasteiger partial charge in [-0.25, -0.2) is 0 Å². The van der Waals surface area contributed by atoms with Gasteiger partial charge in [-0.1, -0.05) is 6.08 Å². The molecule has 1 aliphatic carbocycles. The van der Waals surface area contributed by atoms with Crippen LogP contribution in [-0.2, 0) is 0 Å². The van der Waals surface area contributed by atoms with E-state index in [2.05, 4.69) is 35.2 Å². The van der Waals surface area contributed by atoms with E-state index in [1.807, 2.05) is 0 Å². The van der Waals surface area contributed by atoms with Crippen molar-refractivity contribution in [3.05, 3.63) is 24.0 Å². The van der Waals surface area contributed by atoms with Gasteiger partial charge in [0.05, 0.1) is 0 Å². The van der Waals surface area contributed by atoms with Crippen molar-refractivity contribution < 1.29 is 0 Å². The molecule has 0 saturated heterocycles. The zero-order valence-corrected chi connectivity index (χ0v) is 7.40. The Balaban J connectivity index is 1.89. The summed E-state index contributed by atoms with van der Waals surface area (Å²) >= 11 is 0. The number of rotatable bonds is 1. The van der Waals surface area contributed by atoms with Crippen molar-refractivity contribution in [2.75, 3.05) is 13.6 Å². The summed E-state index contributed by atoms with van der Waals surface area (Å²) in [6.45, 7) is 1.12. The second kappa shape index (κ2) is 2.06. The molecule has 0 bridgehead atoms. The summed E-state index contributed by atoms with van der Waals surface area (Å²) in [6, 6.07) is 0. The summed E-state index contributed by atoms with van der Waals surface area (Å²) in [5, 5.41) is 0.